The van der Waals surface area contributed by atoms with Crippen molar-refractivity contribution >= 4 is 27.7 Å². The number of carbonyl (C=O) groups excluding carboxylic acids is 2. The lowest BCUT2D eigenvalue weighted by Crippen LogP contribution is -2.31. The number of carbonyl (C=O) groups is 2. The standard InChI is InChI=1S/C15H16BrNO2/c1-9-6-12-13(7-9)15(19)17(14(12)18)8-10-2-4-11(16)5-3-10/h2-5,9,12-13H,6-8H2,1H3. The van der Waals surface area contributed by atoms with Gasteiger partial charge in [0.05, 0.1) is 18.4 Å². The SMILES string of the molecule is CC1CC2C(=O)N(Cc3ccc(Br)cc3)C(=O)C2C1. The van der Waals surface area contributed by atoms with Gasteiger partial charge in [0, 0.05) is 4.47 Å². The molecule has 2 amide bonds. The van der Waals surface area contributed by atoms with Crippen molar-refractivity contribution in [2.24, 2.45) is 17.8 Å². The van der Waals surface area contributed by atoms with Gasteiger partial charge >= 0.3 is 0 Å². The van der Waals surface area contributed by atoms with Gasteiger partial charge in [-0.3, -0.25) is 14.5 Å². The molecule has 1 aliphatic heterocycles. The van der Waals surface area contributed by atoms with Crippen molar-refractivity contribution in [2.45, 2.75) is 26.3 Å². The van der Waals surface area contributed by atoms with Crippen molar-refractivity contribution in [3.8, 4) is 0 Å². The molecule has 0 N–H and O–H groups in total. The van der Waals surface area contributed by atoms with Crippen LogP contribution in [0.5, 0.6) is 0 Å². The van der Waals surface area contributed by atoms with E-state index in [1.165, 1.54) is 4.90 Å². The molecule has 1 saturated heterocycles. The molecule has 3 rings (SSSR count). The van der Waals surface area contributed by atoms with E-state index < -0.39 is 0 Å². The first kappa shape index (κ1) is 12.9. The first-order valence-corrected chi connectivity index (χ1v) is 7.45. The summed E-state index contributed by atoms with van der Waals surface area (Å²) in [5, 5.41) is 0. The molecule has 2 unspecified atom stereocenters. The third kappa shape index (κ3) is 2.22. The van der Waals surface area contributed by atoms with Crippen LogP contribution < -0.4 is 0 Å². The average molecular weight is 322 g/mol. The molecule has 2 fully saturated rings. The van der Waals surface area contributed by atoms with E-state index in [-0.39, 0.29) is 23.7 Å². The zero-order chi connectivity index (χ0) is 13.6. The van der Waals surface area contributed by atoms with Gasteiger partial charge < -0.3 is 0 Å². The summed E-state index contributed by atoms with van der Waals surface area (Å²) < 4.78 is 1.00. The first-order valence-electron chi connectivity index (χ1n) is 6.66. The molecule has 1 aromatic carbocycles. The number of nitrogens with zero attached hydrogens (tertiary/aromatic N) is 1. The quantitative estimate of drug-likeness (QED) is 0.785. The molecule has 0 bridgehead atoms. The highest BCUT2D eigenvalue weighted by Gasteiger charge is 2.51. The maximum absolute atomic E-state index is 12.3. The number of hydrogen-bond donors (Lipinski definition) is 0. The van der Waals surface area contributed by atoms with Crippen LogP contribution in [0.4, 0.5) is 0 Å². The minimum Gasteiger partial charge on any atom is -0.278 e. The lowest BCUT2D eigenvalue weighted by molar-refractivity contribution is -0.141. The van der Waals surface area contributed by atoms with Crippen LogP contribution in [-0.2, 0) is 16.1 Å². The Balaban J connectivity index is 1.78. The number of rotatable bonds is 2. The van der Waals surface area contributed by atoms with Gasteiger partial charge in [-0.15, -0.1) is 0 Å². The van der Waals surface area contributed by atoms with Crippen molar-refractivity contribution in [1.29, 1.82) is 0 Å². The summed E-state index contributed by atoms with van der Waals surface area (Å²) in [6.07, 6.45) is 1.73. The van der Waals surface area contributed by atoms with Gasteiger partial charge in [0.25, 0.3) is 0 Å². The summed E-state index contributed by atoms with van der Waals surface area (Å²) in [5.74, 6) is 0.443. The van der Waals surface area contributed by atoms with Crippen LogP contribution in [0.2, 0.25) is 0 Å². The van der Waals surface area contributed by atoms with Gasteiger partial charge in [-0.25, -0.2) is 0 Å². The third-order valence-corrected chi connectivity index (χ3v) is 4.75. The first-order chi connectivity index (χ1) is 9.06. The molecular weight excluding hydrogens is 306 g/mol. The van der Waals surface area contributed by atoms with Gasteiger partial charge in [-0.05, 0) is 36.5 Å². The Kier molecular flexibility index (Phi) is 3.21. The van der Waals surface area contributed by atoms with E-state index in [0.717, 1.165) is 22.9 Å². The second-order valence-corrected chi connectivity index (χ2v) is 6.59. The predicted molar refractivity (Wildman–Crippen MR) is 75.1 cm³/mol. The highest BCUT2D eigenvalue weighted by atomic mass is 79.9. The van der Waals surface area contributed by atoms with E-state index in [1.54, 1.807) is 0 Å². The second kappa shape index (κ2) is 4.75. The number of halogens is 1. The van der Waals surface area contributed by atoms with E-state index in [9.17, 15) is 9.59 Å². The van der Waals surface area contributed by atoms with Gasteiger partial charge in [-0.1, -0.05) is 35.0 Å². The van der Waals surface area contributed by atoms with Crippen molar-refractivity contribution < 1.29 is 9.59 Å². The molecule has 0 spiro atoms. The molecule has 1 aromatic rings. The van der Waals surface area contributed by atoms with E-state index >= 15 is 0 Å². The molecule has 1 heterocycles. The van der Waals surface area contributed by atoms with Crippen LogP contribution in [0.3, 0.4) is 0 Å². The van der Waals surface area contributed by atoms with Gasteiger partial charge in [0.1, 0.15) is 0 Å². The van der Waals surface area contributed by atoms with Crippen molar-refractivity contribution in [3.63, 3.8) is 0 Å². The van der Waals surface area contributed by atoms with Crippen LogP contribution in [0.1, 0.15) is 25.3 Å². The molecule has 2 aliphatic rings. The van der Waals surface area contributed by atoms with Gasteiger partial charge in [-0.2, -0.15) is 0 Å². The summed E-state index contributed by atoms with van der Waals surface area (Å²) >= 11 is 3.38. The highest BCUT2D eigenvalue weighted by Crippen LogP contribution is 2.43. The lowest BCUT2D eigenvalue weighted by atomic mass is 10.00. The molecule has 4 heteroatoms. The topological polar surface area (TPSA) is 37.4 Å². The minimum atomic E-state index is -0.0575. The van der Waals surface area contributed by atoms with Crippen LogP contribution in [0.15, 0.2) is 28.7 Å². The molecule has 100 valence electrons. The third-order valence-electron chi connectivity index (χ3n) is 4.22. The van der Waals surface area contributed by atoms with Crippen LogP contribution in [0.25, 0.3) is 0 Å². The molecule has 1 aliphatic carbocycles. The largest absolute Gasteiger partial charge is 0.278 e. The molecular formula is C15H16BrNO2. The Morgan fingerprint density at radius 2 is 1.63 bits per heavy atom. The Bertz CT molecular complexity index is 501. The summed E-state index contributed by atoms with van der Waals surface area (Å²) in [7, 11) is 0. The van der Waals surface area contributed by atoms with E-state index in [4.69, 9.17) is 0 Å². The monoisotopic (exact) mass is 321 g/mol. The molecule has 19 heavy (non-hydrogen) atoms. The van der Waals surface area contributed by atoms with Crippen LogP contribution in [0, 0.1) is 17.8 Å². The minimum absolute atomic E-state index is 0.0299. The lowest BCUT2D eigenvalue weighted by Gasteiger charge is -2.16. The Morgan fingerprint density at radius 1 is 1.11 bits per heavy atom. The summed E-state index contributed by atoms with van der Waals surface area (Å²) in [4.78, 5) is 26.1. The molecule has 1 saturated carbocycles. The molecule has 2 atom stereocenters. The smallest absolute Gasteiger partial charge is 0.233 e. The second-order valence-electron chi connectivity index (χ2n) is 5.68. The molecule has 0 radical (unpaired) electrons. The molecule has 3 nitrogen and oxygen atoms in total. The Labute approximate surface area is 121 Å². The van der Waals surface area contributed by atoms with E-state index in [1.807, 2.05) is 24.3 Å². The number of benzene rings is 1. The fraction of sp³-hybridized carbons (Fsp3) is 0.467. The van der Waals surface area contributed by atoms with E-state index in [2.05, 4.69) is 22.9 Å². The number of hydrogen-bond acceptors (Lipinski definition) is 2. The maximum atomic E-state index is 12.3. The van der Waals surface area contributed by atoms with Crippen molar-refractivity contribution in [3.05, 3.63) is 34.3 Å². The zero-order valence-corrected chi connectivity index (χ0v) is 12.4. The van der Waals surface area contributed by atoms with Crippen molar-refractivity contribution in [1.82, 2.24) is 4.90 Å². The number of fused-ring (bicyclic) bond motifs is 1. The fourth-order valence-corrected chi connectivity index (χ4v) is 3.54. The maximum Gasteiger partial charge on any atom is 0.233 e. The number of amides is 2. The number of likely N-dealkylation sites (tertiary alicyclic amines) is 1. The van der Waals surface area contributed by atoms with Crippen LogP contribution in [-0.4, -0.2) is 16.7 Å². The number of imide groups is 1. The van der Waals surface area contributed by atoms with Gasteiger partial charge in [0.15, 0.2) is 0 Å². The summed E-state index contributed by atoms with van der Waals surface area (Å²) in [5.41, 5.74) is 0.998. The molecule has 0 aromatic heterocycles. The van der Waals surface area contributed by atoms with Crippen LogP contribution >= 0.6 is 15.9 Å². The fourth-order valence-electron chi connectivity index (χ4n) is 3.27. The summed E-state index contributed by atoms with van der Waals surface area (Å²) in [6.45, 7) is 2.53. The van der Waals surface area contributed by atoms with E-state index in [0.29, 0.717) is 12.5 Å². The highest BCUT2D eigenvalue weighted by molar-refractivity contribution is 9.10. The zero-order valence-electron chi connectivity index (χ0n) is 10.8. The predicted octanol–water partition coefficient (Wildman–Crippen LogP) is 2.98. The Morgan fingerprint density at radius 3 is 2.16 bits per heavy atom. The normalized spacial score (nSPS) is 30.0. The van der Waals surface area contributed by atoms with Crippen molar-refractivity contribution in [2.75, 3.05) is 0 Å². The summed E-state index contributed by atoms with van der Waals surface area (Å²) in [6, 6.07) is 7.76. The van der Waals surface area contributed by atoms with Gasteiger partial charge in [0.2, 0.25) is 11.8 Å². The average Bonchev–Trinajstić information content (AvgIpc) is 2.86. The Hall–Kier alpha value is -1.16.